The highest BCUT2D eigenvalue weighted by Crippen LogP contribution is 2.35. The quantitative estimate of drug-likeness (QED) is 0.322. The molecule has 0 aromatic heterocycles. The van der Waals surface area contributed by atoms with Crippen molar-refractivity contribution in [3.05, 3.63) is 41.1 Å². The van der Waals surface area contributed by atoms with Crippen LogP contribution in [0.2, 0.25) is 0 Å². The molecule has 2 unspecified atom stereocenters. The number of rotatable bonds is 3. The molecule has 0 aliphatic carbocycles. The number of nitrogens with two attached hydrogens (primary N) is 1. The molecule has 12 heteroatoms. The molecule has 0 spiro atoms. The predicted molar refractivity (Wildman–Crippen MR) is 133 cm³/mol. The second kappa shape index (κ2) is 9.36. The summed E-state index contributed by atoms with van der Waals surface area (Å²) in [6.07, 6.45) is -2.98. The van der Waals surface area contributed by atoms with E-state index in [4.69, 9.17) is 10.7 Å². The fourth-order valence-corrected chi connectivity index (χ4v) is 4.83. The first kappa shape index (κ1) is 24.8. The summed E-state index contributed by atoms with van der Waals surface area (Å²) in [5.41, 5.74) is 5.89. The van der Waals surface area contributed by atoms with Crippen LogP contribution in [-0.4, -0.2) is 69.9 Å². The van der Waals surface area contributed by atoms with Gasteiger partial charge in [-0.2, -0.15) is 13.2 Å². The maximum Gasteiger partial charge on any atom is 0.416 e. The van der Waals surface area contributed by atoms with Gasteiger partial charge in [-0.3, -0.25) is 9.79 Å². The Morgan fingerprint density at radius 2 is 1.94 bits per heavy atom. The van der Waals surface area contributed by atoms with Crippen LogP contribution in [0.4, 0.5) is 18.9 Å². The van der Waals surface area contributed by atoms with Crippen molar-refractivity contribution < 1.29 is 18.0 Å². The summed E-state index contributed by atoms with van der Waals surface area (Å²) in [6, 6.07) is 2.90. The molecule has 1 fully saturated rings. The molecule has 3 aliphatic heterocycles. The van der Waals surface area contributed by atoms with E-state index in [-0.39, 0.29) is 23.7 Å². The number of carbonyl (C=O) groups is 1. The Balaban J connectivity index is 1.62. The lowest BCUT2D eigenvalue weighted by Crippen LogP contribution is -2.49. The highest BCUT2D eigenvalue weighted by Gasteiger charge is 2.42. The number of benzene rings is 1. The van der Waals surface area contributed by atoms with E-state index in [1.807, 2.05) is 22.9 Å². The van der Waals surface area contributed by atoms with E-state index in [9.17, 15) is 18.0 Å². The van der Waals surface area contributed by atoms with Crippen LogP contribution in [0.5, 0.6) is 0 Å². The van der Waals surface area contributed by atoms with Gasteiger partial charge in [0.1, 0.15) is 23.5 Å². The van der Waals surface area contributed by atoms with Crippen LogP contribution in [0.1, 0.15) is 31.0 Å². The van der Waals surface area contributed by atoms with Gasteiger partial charge in [0, 0.05) is 61.8 Å². The number of nitrogens with one attached hydrogen (secondary N) is 1. The third-order valence-electron chi connectivity index (χ3n) is 6.24. The van der Waals surface area contributed by atoms with Gasteiger partial charge in [-0.25, -0.2) is 8.11 Å². The molecule has 1 aromatic rings. The lowest BCUT2D eigenvalue weighted by molar-refractivity contribution is -0.137. The van der Waals surface area contributed by atoms with Gasteiger partial charge in [-0.05, 0) is 43.7 Å². The highest BCUT2D eigenvalue weighted by atomic mass is 127. The minimum absolute atomic E-state index is 0.0316. The summed E-state index contributed by atoms with van der Waals surface area (Å²) >= 11 is 2.26. The first-order valence-corrected chi connectivity index (χ1v) is 11.9. The van der Waals surface area contributed by atoms with Crippen molar-refractivity contribution in [3.63, 3.8) is 0 Å². The van der Waals surface area contributed by atoms with Gasteiger partial charge in [-0.15, -0.1) is 0 Å². The van der Waals surface area contributed by atoms with E-state index >= 15 is 0 Å². The number of likely N-dealkylation sites (N-methyl/N-ethyl adjacent to an activating group) is 1. The molecule has 3 N–H and O–H groups in total. The van der Waals surface area contributed by atoms with Crippen LogP contribution in [0.3, 0.4) is 0 Å². The number of amidine groups is 2. The van der Waals surface area contributed by atoms with E-state index < -0.39 is 17.8 Å². The van der Waals surface area contributed by atoms with E-state index in [2.05, 4.69) is 36.3 Å². The van der Waals surface area contributed by atoms with Crippen molar-refractivity contribution >= 4 is 46.1 Å². The Kier molecular flexibility index (Phi) is 6.82. The van der Waals surface area contributed by atoms with Crippen LogP contribution in [-0.2, 0) is 11.0 Å². The van der Waals surface area contributed by atoms with Gasteiger partial charge in [0.25, 0.3) is 5.91 Å². The Morgan fingerprint density at radius 3 is 2.59 bits per heavy atom. The minimum Gasteiger partial charge on any atom is -0.399 e. The first-order chi connectivity index (χ1) is 15.9. The normalized spacial score (nSPS) is 25.6. The molecule has 3 atom stereocenters. The minimum atomic E-state index is -4.50. The monoisotopic (exact) mass is 589 g/mol. The number of hydrogen-bond donors (Lipinski definition) is 2. The van der Waals surface area contributed by atoms with E-state index in [1.54, 1.807) is 13.8 Å². The Labute approximate surface area is 210 Å². The molecule has 3 aliphatic rings. The second-order valence-electron chi connectivity index (χ2n) is 8.72. The van der Waals surface area contributed by atoms with Crippen LogP contribution in [0, 0.1) is 5.92 Å². The molecule has 1 saturated heterocycles. The number of carbonyl (C=O) groups excluding carboxylic acids is 1. The zero-order valence-electron chi connectivity index (χ0n) is 19.1. The standard InChI is InChI=1S/C22H27F3IN7O/c1-12(14-8-15(22(23,24)25)10-16(27)9-14)28-19-17-11-18(31(3)20(17)30-13(2)29-19)21(34)32-4-6-33(26)7-5-32/h8-12,17,20H,4-7,27H2,1-3H3,(H,28,29,30)/t12-,17?,20?/m1/s1. The van der Waals surface area contributed by atoms with Crippen LogP contribution >= 0.6 is 22.9 Å². The molecule has 0 saturated carbocycles. The number of nitrogen functional groups attached to an aromatic ring is 1. The fourth-order valence-electron chi connectivity index (χ4n) is 4.40. The summed E-state index contributed by atoms with van der Waals surface area (Å²) < 4.78 is 41.9. The Hall–Kier alpha value is -2.35. The molecule has 0 bridgehead atoms. The molecule has 4 rings (SSSR count). The maximum absolute atomic E-state index is 13.3. The lowest BCUT2D eigenvalue weighted by atomic mass is 10.0. The van der Waals surface area contributed by atoms with Crippen LogP contribution < -0.4 is 11.1 Å². The van der Waals surface area contributed by atoms with Crippen molar-refractivity contribution in [1.29, 1.82) is 0 Å². The summed E-state index contributed by atoms with van der Waals surface area (Å²) in [5.74, 6) is 0.826. The highest BCUT2D eigenvalue weighted by molar-refractivity contribution is 14.1. The Morgan fingerprint density at radius 1 is 1.26 bits per heavy atom. The van der Waals surface area contributed by atoms with Crippen molar-refractivity contribution in [2.45, 2.75) is 32.2 Å². The van der Waals surface area contributed by atoms with Gasteiger partial charge in [0.2, 0.25) is 0 Å². The largest absolute Gasteiger partial charge is 0.416 e. The van der Waals surface area contributed by atoms with Crippen molar-refractivity contribution in [2.75, 3.05) is 39.0 Å². The molecule has 34 heavy (non-hydrogen) atoms. The number of nitrogens with zero attached hydrogens (tertiary/aromatic N) is 5. The molecule has 3 heterocycles. The average molecular weight is 589 g/mol. The van der Waals surface area contributed by atoms with Crippen molar-refractivity contribution in [1.82, 2.24) is 18.2 Å². The zero-order valence-corrected chi connectivity index (χ0v) is 21.3. The Bertz CT molecular complexity index is 1060. The number of aliphatic imine (C=N–C) groups is 2. The zero-order chi connectivity index (χ0) is 24.8. The lowest BCUT2D eigenvalue weighted by Gasteiger charge is -2.34. The van der Waals surface area contributed by atoms with Crippen molar-refractivity contribution in [2.24, 2.45) is 15.9 Å². The fraction of sp³-hybridized carbons (Fsp3) is 0.500. The number of fused-ring (bicyclic) bond motifs is 1. The summed E-state index contributed by atoms with van der Waals surface area (Å²) in [5, 5.41) is 3.16. The summed E-state index contributed by atoms with van der Waals surface area (Å²) in [4.78, 5) is 26.3. The van der Waals surface area contributed by atoms with Gasteiger partial charge >= 0.3 is 6.18 Å². The maximum atomic E-state index is 13.3. The topological polar surface area (TPSA) is 89.6 Å². The number of hydrogen-bond acceptors (Lipinski definition) is 6. The predicted octanol–water partition coefficient (Wildman–Crippen LogP) is 3.03. The number of halogens is 4. The second-order valence-corrected chi connectivity index (χ2v) is 10.1. The number of anilines is 1. The third-order valence-corrected chi connectivity index (χ3v) is 7.20. The van der Waals surface area contributed by atoms with E-state index in [0.29, 0.717) is 36.0 Å². The molecule has 1 aromatic carbocycles. The van der Waals surface area contributed by atoms with Crippen molar-refractivity contribution in [3.8, 4) is 0 Å². The summed E-state index contributed by atoms with van der Waals surface area (Å²) in [7, 11) is 1.83. The molecule has 0 radical (unpaired) electrons. The number of alkyl halides is 3. The molecule has 184 valence electrons. The SMILES string of the molecule is CC1=NC2C(C=C(C(=O)N3CCN(I)CC3)N2C)C(=N[C@H](C)c2cc(N)cc(C(F)(F)F)c2)N1. The summed E-state index contributed by atoms with van der Waals surface area (Å²) in [6.45, 7) is 6.43. The number of amides is 1. The molecule has 1 amide bonds. The molecular formula is C22H27F3IN7O. The van der Waals surface area contributed by atoms with Crippen LogP contribution in [0.25, 0.3) is 0 Å². The third kappa shape index (κ3) is 5.02. The van der Waals surface area contributed by atoms with Gasteiger partial charge in [0.15, 0.2) is 0 Å². The van der Waals surface area contributed by atoms with Gasteiger partial charge in [0.05, 0.1) is 17.5 Å². The average Bonchev–Trinajstić information content (AvgIpc) is 3.09. The number of piperazine rings is 1. The van der Waals surface area contributed by atoms with Gasteiger partial charge in [-0.1, -0.05) is 0 Å². The van der Waals surface area contributed by atoms with Crippen LogP contribution in [0.15, 0.2) is 40.0 Å². The van der Waals surface area contributed by atoms with E-state index in [0.717, 1.165) is 25.2 Å². The smallest absolute Gasteiger partial charge is 0.399 e. The molecule has 8 nitrogen and oxygen atoms in total. The molecular weight excluding hydrogens is 562 g/mol. The van der Waals surface area contributed by atoms with E-state index in [1.165, 1.54) is 6.07 Å². The first-order valence-electron chi connectivity index (χ1n) is 11.0. The van der Waals surface area contributed by atoms with Gasteiger partial charge < -0.3 is 20.9 Å².